The van der Waals surface area contributed by atoms with E-state index in [1.165, 1.54) is 0 Å². The molecule has 4 nitrogen and oxygen atoms in total. The summed E-state index contributed by atoms with van der Waals surface area (Å²) < 4.78 is 10.3. The monoisotopic (exact) mass is 210 g/mol. The summed E-state index contributed by atoms with van der Waals surface area (Å²) in [6.07, 6.45) is 2.18. The second-order valence-corrected chi connectivity index (χ2v) is 5.05. The largest absolute Gasteiger partial charge is 0.465 e. The molecule has 3 fully saturated rings. The first-order chi connectivity index (χ1) is 7.11. The highest BCUT2D eigenvalue weighted by molar-refractivity contribution is 5.83. The fourth-order valence-electron chi connectivity index (χ4n) is 3.38. The van der Waals surface area contributed by atoms with Gasteiger partial charge in [-0.15, -0.1) is 0 Å². The van der Waals surface area contributed by atoms with E-state index in [4.69, 9.17) is 9.47 Å². The third-order valence-electron chi connectivity index (χ3n) is 4.19. The van der Waals surface area contributed by atoms with Gasteiger partial charge in [-0.25, -0.2) is 0 Å². The lowest BCUT2D eigenvalue weighted by Crippen LogP contribution is -2.46. The number of rotatable bonds is 0. The standard InChI is InChI=1S/C11H14O4/c1-11-5-6(15-10(11)13)4-7-8(11)2-3-14-9(7)12/h6-8H,2-5H2,1H3/t6-,7-,8+,11-/m0/s1. The molecule has 2 heterocycles. The summed E-state index contributed by atoms with van der Waals surface area (Å²) in [5.41, 5.74) is -0.437. The first kappa shape index (κ1) is 9.19. The van der Waals surface area contributed by atoms with Gasteiger partial charge in [0.2, 0.25) is 0 Å². The Labute approximate surface area is 87.9 Å². The summed E-state index contributed by atoms with van der Waals surface area (Å²) in [5.74, 6) is -0.242. The van der Waals surface area contributed by atoms with Crippen LogP contribution in [0.25, 0.3) is 0 Å². The average molecular weight is 210 g/mol. The fraction of sp³-hybridized carbons (Fsp3) is 0.818. The van der Waals surface area contributed by atoms with Crippen LogP contribution >= 0.6 is 0 Å². The molecule has 0 N–H and O–H groups in total. The Balaban J connectivity index is 1.99. The van der Waals surface area contributed by atoms with Crippen LogP contribution in [-0.2, 0) is 19.1 Å². The van der Waals surface area contributed by atoms with E-state index in [1.807, 2.05) is 6.92 Å². The number of fused-ring (bicyclic) bond motifs is 4. The van der Waals surface area contributed by atoms with Gasteiger partial charge in [-0.1, -0.05) is 0 Å². The molecule has 0 spiro atoms. The summed E-state index contributed by atoms with van der Waals surface area (Å²) in [7, 11) is 0. The molecular weight excluding hydrogens is 196 g/mol. The van der Waals surface area contributed by atoms with Crippen molar-refractivity contribution in [1.82, 2.24) is 0 Å². The van der Waals surface area contributed by atoms with Crippen molar-refractivity contribution in [3.05, 3.63) is 0 Å². The Hall–Kier alpha value is -1.06. The lowest BCUT2D eigenvalue weighted by atomic mass is 9.61. The molecule has 4 heteroatoms. The predicted molar refractivity (Wildman–Crippen MR) is 49.8 cm³/mol. The summed E-state index contributed by atoms with van der Waals surface area (Å²) in [4.78, 5) is 23.4. The Bertz CT molecular complexity index is 337. The van der Waals surface area contributed by atoms with E-state index in [2.05, 4.69) is 0 Å². The summed E-state index contributed by atoms with van der Waals surface area (Å²) in [6, 6.07) is 0. The Morgan fingerprint density at radius 1 is 1.40 bits per heavy atom. The van der Waals surface area contributed by atoms with E-state index in [0.29, 0.717) is 13.0 Å². The Morgan fingerprint density at radius 2 is 2.20 bits per heavy atom. The summed E-state index contributed by atoms with van der Waals surface area (Å²) in [5, 5.41) is 0. The van der Waals surface area contributed by atoms with Crippen LogP contribution in [0.4, 0.5) is 0 Å². The lowest BCUT2D eigenvalue weighted by molar-refractivity contribution is -0.164. The zero-order valence-corrected chi connectivity index (χ0v) is 8.69. The molecular formula is C11H14O4. The second kappa shape index (κ2) is 2.74. The molecule has 0 unspecified atom stereocenters. The number of hydrogen-bond donors (Lipinski definition) is 0. The van der Waals surface area contributed by atoms with E-state index in [0.717, 1.165) is 12.8 Å². The molecule has 0 radical (unpaired) electrons. The minimum absolute atomic E-state index is 0.0607. The van der Waals surface area contributed by atoms with Crippen LogP contribution in [0.15, 0.2) is 0 Å². The molecule has 0 aromatic rings. The number of hydrogen-bond acceptors (Lipinski definition) is 4. The number of ether oxygens (including phenoxy) is 2. The third kappa shape index (κ3) is 1.08. The van der Waals surface area contributed by atoms with Crippen LogP contribution < -0.4 is 0 Å². The number of esters is 2. The topological polar surface area (TPSA) is 52.6 Å². The number of carbonyl (C=O) groups excluding carboxylic acids is 2. The van der Waals surface area contributed by atoms with Crippen molar-refractivity contribution in [3.63, 3.8) is 0 Å². The zero-order chi connectivity index (χ0) is 10.6. The maximum absolute atomic E-state index is 11.8. The lowest BCUT2D eigenvalue weighted by Gasteiger charge is -2.41. The smallest absolute Gasteiger partial charge is 0.312 e. The van der Waals surface area contributed by atoms with E-state index >= 15 is 0 Å². The van der Waals surface area contributed by atoms with Crippen LogP contribution in [0.2, 0.25) is 0 Å². The van der Waals surface area contributed by atoms with Crippen molar-refractivity contribution in [3.8, 4) is 0 Å². The molecule has 0 aromatic heterocycles. The molecule has 4 atom stereocenters. The van der Waals surface area contributed by atoms with Crippen LogP contribution in [0.1, 0.15) is 26.2 Å². The van der Waals surface area contributed by atoms with Crippen molar-refractivity contribution < 1.29 is 19.1 Å². The van der Waals surface area contributed by atoms with E-state index < -0.39 is 5.41 Å². The number of carbonyl (C=O) groups is 2. The fourth-order valence-corrected chi connectivity index (χ4v) is 3.38. The zero-order valence-electron chi connectivity index (χ0n) is 8.69. The quantitative estimate of drug-likeness (QED) is 0.557. The molecule has 0 amide bonds. The Kier molecular flexibility index (Phi) is 1.68. The van der Waals surface area contributed by atoms with Gasteiger partial charge in [-0.05, 0) is 25.7 Å². The molecule has 0 aromatic carbocycles. The van der Waals surface area contributed by atoms with Gasteiger partial charge in [0, 0.05) is 6.42 Å². The van der Waals surface area contributed by atoms with Crippen molar-refractivity contribution in [2.45, 2.75) is 32.3 Å². The van der Waals surface area contributed by atoms with Gasteiger partial charge >= 0.3 is 11.9 Å². The minimum atomic E-state index is -0.437. The van der Waals surface area contributed by atoms with E-state index in [1.54, 1.807) is 0 Å². The molecule has 15 heavy (non-hydrogen) atoms. The van der Waals surface area contributed by atoms with Gasteiger partial charge in [0.1, 0.15) is 6.10 Å². The highest BCUT2D eigenvalue weighted by Crippen LogP contribution is 2.53. The molecule has 1 saturated carbocycles. The summed E-state index contributed by atoms with van der Waals surface area (Å²) in [6.45, 7) is 2.39. The molecule has 2 bridgehead atoms. The van der Waals surface area contributed by atoms with Crippen molar-refractivity contribution >= 4 is 11.9 Å². The highest BCUT2D eigenvalue weighted by Gasteiger charge is 2.60. The van der Waals surface area contributed by atoms with Crippen LogP contribution in [0.5, 0.6) is 0 Å². The maximum Gasteiger partial charge on any atom is 0.312 e. The van der Waals surface area contributed by atoms with Gasteiger partial charge in [0.15, 0.2) is 0 Å². The van der Waals surface area contributed by atoms with Crippen molar-refractivity contribution in [1.29, 1.82) is 0 Å². The van der Waals surface area contributed by atoms with Gasteiger partial charge < -0.3 is 9.47 Å². The normalized spacial score (nSPS) is 48.2. The highest BCUT2D eigenvalue weighted by atomic mass is 16.6. The SMILES string of the molecule is C[C@]12C[C@H](C[C@@H]3C(=O)OCC[C@H]31)OC2=O. The molecule has 82 valence electrons. The molecule has 1 aliphatic carbocycles. The average Bonchev–Trinajstić information content (AvgIpc) is 2.42. The molecule has 2 aliphatic heterocycles. The summed E-state index contributed by atoms with van der Waals surface area (Å²) >= 11 is 0. The maximum atomic E-state index is 11.8. The third-order valence-corrected chi connectivity index (χ3v) is 4.19. The van der Waals surface area contributed by atoms with Crippen LogP contribution in [0, 0.1) is 17.3 Å². The van der Waals surface area contributed by atoms with Gasteiger partial charge in [0.25, 0.3) is 0 Å². The second-order valence-electron chi connectivity index (χ2n) is 5.05. The van der Waals surface area contributed by atoms with E-state index in [-0.39, 0.29) is 29.9 Å². The first-order valence-corrected chi connectivity index (χ1v) is 5.49. The molecule has 2 saturated heterocycles. The van der Waals surface area contributed by atoms with Crippen molar-refractivity contribution in [2.75, 3.05) is 6.61 Å². The van der Waals surface area contributed by atoms with Gasteiger partial charge in [-0.2, -0.15) is 0 Å². The molecule has 3 rings (SSSR count). The predicted octanol–water partition coefficient (Wildman–Crippen LogP) is 0.891. The van der Waals surface area contributed by atoms with Crippen LogP contribution in [0.3, 0.4) is 0 Å². The first-order valence-electron chi connectivity index (χ1n) is 5.49. The van der Waals surface area contributed by atoms with Crippen LogP contribution in [-0.4, -0.2) is 24.6 Å². The molecule has 3 aliphatic rings. The number of cyclic esters (lactones) is 1. The van der Waals surface area contributed by atoms with E-state index in [9.17, 15) is 9.59 Å². The van der Waals surface area contributed by atoms with Gasteiger partial charge in [-0.3, -0.25) is 9.59 Å². The van der Waals surface area contributed by atoms with Crippen molar-refractivity contribution in [2.24, 2.45) is 17.3 Å². The van der Waals surface area contributed by atoms with Gasteiger partial charge in [0.05, 0.1) is 17.9 Å². The Morgan fingerprint density at radius 3 is 3.00 bits per heavy atom. The minimum Gasteiger partial charge on any atom is -0.465 e.